The second-order valence-electron chi connectivity index (χ2n) is 6.11. The molecule has 2 aromatic rings. The molecule has 0 atom stereocenters. The molecule has 4 rings (SSSR count). The maximum absolute atomic E-state index is 12.4. The standard InChI is InChI=1S/C20H16N4O4S2/c1-3-27-18(26)12-6-4-5-11(9-12)15-8-7-13(28-15)10-14-16(21)24-19(22-17(14)25)30-23-20(24)29-2/h4-10,21H,3H2,1-2H3/b14-10-,21-16?. The van der Waals surface area contributed by atoms with Crippen molar-refractivity contribution in [1.82, 2.24) is 4.90 Å². The average Bonchev–Trinajstić information content (AvgIpc) is 3.38. The highest BCUT2D eigenvalue weighted by atomic mass is 32.2. The second kappa shape index (κ2) is 8.33. The number of carbonyl (C=O) groups excluding carboxylic acids is 2. The first-order valence-corrected chi connectivity index (χ1v) is 10.9. The van der Waals surface area contributed by atoms with E-state index in [0.717, 1.165) is 11.9 Å². The van der Waals surface area contributed by atoms with Crippen LogP contribution in [0.1, 0.15) is 23.0 Å². The van der Waals surface area contributed by atoms with Gasteiger partial charge in [0.2, 0.25) is 5.17 Å². The molecule has 0 unspecified atom stereocenters. The van der Waals surface area contributed by atoms with Gasteiger partial charge in [0.15, 0.2) is 5.17 Å². The fourth-order valence-corrected chi connectivity index (χ4v) is 4.33. The first kappa shape index (κ1) is 20.2. The lowest BCUT2D eigenvalue weighted by Crippen LogP contribution is -2.41. The summed E-state index contributed by atoms with van der Waals surface area (Å²) < 4.78 is 15.1. The molecule has 2 aliphatic heterocycles. The van der Waals surface area contributed by atoms with E-state index in [1.165, 1.54) is 22.7 Å². The van der Waals surface area contributed by atoms with Crippen LogP contribution in [0, 0.1) is 5.41 Å². The third-order valence-corrected chi connectivity index (χ3v) is 5.70. The summed E-state index contributed by atoms with van der Waals surface area (Å²) in [5, 5.41) is 9.40. The molecule has 0 radical (unpaired) electrons. The number of amides is 1. The van der Waals surface area contributed by atoms with Crippen LogP contribution in [-0.4, -0.2) is 45.8 Å². The van der Waals surface area contributed by atoms with E-state index in [-0.39, 0.29) is 11.4 Å². The minimum Gasteiger partial charge on any atom is -0.462 e. The summed E-state index contributed by atoms with van der Waals surface area (Å²) in [4.78, 5) is 29.9. The summed E-state index contributed by atoms with van der Waals surface area (Å²) in [6, 6.07) is 10.3. The van der Waals surface area contributed by atoms with Gasteiger partial charge in [-0.3, -0.25) is 10.2 Å². The Morgan fingerprint density at radius 2 is 2.20 bits per heavy atom. The summed E-state index contributed by atoms with van der Waals surface area (Å²) in [5.41, 5.74) is 1.24. The number of esters is 1. The molecule has 1 N–H and O–H groups in total. The molecule has 0 fully saturated rings. The summed E-state index contributed by atoms with van der Waals surface area (Å²) in [6.07, 6.45) is 3.34. The molecule has 8 nitrogen and oxygen atoms in total. The quantitative estimate of drug-likeness (QED) is 0.434. The molecule has 0 saturated heterocycles. The summed E-state index contributed by atoms with van der Waals surface area (Å²) in [5.74, 6) is 0.00433. The molecular formula is C20H16N4O4S2. The van der Waals surface area contributed by atoms with E-state index < -0.39 is 11.9 Å². The van der Waals surface area contributed by atoms with Gasteiger partial charge in [0.05, 0.1) is 29.7 Å². The van der Waals surface area contributed by atoms with Crippen molar-refractivity contribution in [3.63, 3.8) is 0 Å². The fraction of sp³-hybridized carbons (Fsp3) is 0.150. The van der Waals surface area contributed by atoms with Crippen LogP contribution in [-0.2, 0) is 9.53 Å². The minimum atomic E-state index is -0.515. The maximum atomic E-state index is 12.4. The Kier molecular flexibility index (Phi) is 5.60. The molecule has 0 saturated carbocycles. The number of rotatable bonds is 4. The van der Waals surface area contributed by atoms with Crippen molar-refractivity contribution in [2.75, 3.05) is 12.9 Å². The molecule has 1 aromatic carbocycles. The number of amidine groups is 3. The van der Waals surface area contributed by atoms with Crippen LogP contribution in [0.25, 0.3) is 17.4 Å². The number of hydrogen-bond acceptors (Lipinski definition) is 8. The molecule has 30 heavy (non-hydrogen) atoms. The number of fused-ring (bicyclic) bond motifs is 1. The van der Waals surface area contributed by atoms with E-state index in [9.17, 15) is 9.59 Å². The molecule has 1 amide bonds. The van der Waals surface area contributed by atoms with Crippen molar-refractivity contribution in [2.24, 2.45) is 9.39 Å². The zero-order valence-corrected chi connectivity index (χ0v) is 17.7. The molecule has 10 heteroatoms. The van der Waals surface area contributed by atoms with Gasteiger partial charge < -0.3 is 9.15 Å². The highest BCUT2D eigenvalue weighted by molar-refractivity contribution is 8.18. The molecule has 2 aliphatic rings. The Bertz CT molecular complexity index is 1150. The van der Waals surface area contributed by atoms with Crippen LogP contribution in [0.15, 0.2) is 55.8 Å². The zero-order valence-electron chi connectivity index (χ0n) is 16.0. The predicted molar refractivity (Wildman–Crippen MR) is 119 cm³/mol. The third-order valence-electron chi connectivity index (χ3n) is 4.25. The van der Waals surface area contributed by atoms with Crippen molar-refractivity contribution in [2.45, 2.75) is 6.92 Å². The van der Waals surface area contributed by atoms with Gasteiger partial charge in [-0.2, -0.15) is 9.39 Å². The van der Waals surface area contributed by atoms with E-state index in [1.54, 1.807) is 37.3 Å². The van der Waals surface area contributed by atoms with Crippen LogP contribution < -0.4 is 0 Å². The van der Waals surface area contributed by atoms with Crippen molar-refractivity contribution >= 4 is 57.8 Å². The predicted octanol–water partition coefficient (Wildman–Crippen LogP) is 4.06. The highest BCUT2D eigenvalue weighted by Crippen LogP contribution is 2.32. The number of nitrogens with one attached hydrogen (secondary N) is 1. The lowest BCUT2D eigenvalue weighted by atomic mass is 10.1. The molecule has 152 valence electrons. The molecular weight excluding hydrogens is 424 g/mol. The van der Waals surface area contributed by atoms with Crippen LogP contribution in [0.3, 0.4) is 0 Å². The number of aliphatic imine (C=N–C) groups is 1. The van der Waals surface area contributed by atoms with Crippen LogP contribution >= 0.6 is 23.7 Å². The van der Waals surface area contributed by atoms with E-state index >= 15 is 0 Å². The van der Waals surface area contributed by atoms with Gasteiger partial charge in [-0.15, -0.1) is 0 Å². The molecule has 0 bridgehead atoms. The third kappa shape index (κ3) is 3.71. The largest absolute Gasteiger partial charge is 0.462 e. The van der Waals surface area contributed by atoms with Crippen molar-refractivity contribution in [1.29, 1.82) is 5.41 Å². The Hall–Kier alpha value is -3.11. The number of hydrogen-bond donors (Lipinski definition) is 1. The first-order chi connectivity index (χ1) is 14.5. The topological polar surface area (TPSA) is 108 Å². The van der Waals surface area contributed by atoms with Crippen LogP contribution in [0.2, 0.25) is 0 Å². The van der Waals surface area contributed by atoms with Crippen LogP contribution in [0.5, 0.6) is 0 Å². The molecule has 1 aromatic heterocycles. The zero-order chi connectivity index (χ0) is 21.3. The summed E-state index contributed by atoms with van der Waals surface area (Å²) in [6.45, 7) is 2.05. The number of nitrogens with zero attached hydrogens (tertiary/aromatic N) is 3. The van der Waals surface area contributed by atoms with Gasteiger partial charge in [0, 0.05) is 5.56 Å². The SMILES string of the molecule is CCOC(=O)c1cccc(-c2ccc(/C=C3/C(=N)N4C(SC)=NSC4=NC3=O)o2)c1. The van der Waals surface area contributed by atoms with Gasteiger partial charge in [-0.05, 0) is 43.5 Å². The van der Waals surface area contributed by atoms with Gasteiger partial charge in [-0.25, -0.2) is 9.69 Å². The fourth-order valence-electron chi connectivity index (χ4n) is 2.87. The van der Waals surface area contributed by atoms with E-state index in [2.05, 4.69) is 9.39 Å². The Balaban J connectivity index is 1.62. The van der Waals surface area contributed by atoms with E-state index in [0.29, 0.717) is 39.6 Å². The minimum absolute atomic E-state index is 0.00496. The van der Waals surface area contributed by atoms with E-state index in [4.69, 9.17) is 14.6 Å². The lowest BCUT2D eigenvalue weighted by Gasteiger charge is -2.23. The summed E-state index contributed by atoms with van der Waals surface area (Å²) >= 11 is 2.45. The van der Waals surface area contributed by atoms with Gasteiger partial charge in [0.25, 0.3) is 5.91 Å². The lowest BCUT2D eigenvalue weighted by molar-refractivity contribution is -0.114. The monoisotopic (exact) mass is 440 g/mol. The van der Waals surface area contributed by atoms with Crippen molar-refractivity contribution < 1.29 is 18.7 Å². The number of furan rings is 1. The smallest absolute Gasteiger partial charge is 0.338 e. The molecule has 0 spiro atoms. The van der Waals surface area contributed by atoms with Gasteiger partial charge in [-0.1, -0.05) is 23.9 Å². The Morgan fingerprint density at radius 1 is 1.37 bits per heavy atom. The Labute approximate surface area is 180 Å². The number of thioether (sulfide) groups is 1. The van der Waals surface area contributed by atoms with Gasteiger partial charge >= 0.3 is 5.97 Å². The second-order valence-corrected chi connectivity index (χ2v) is 7.62. The number of carbonyl (C=O) groups is 2. The molecule has 3 heterocycles. The van der Waals surface area contributed by atoms with E-state index in [1.807, 2.05) is 12.3 Å². The first-order valence-electron chi connectivity index (χ1n) is 8.92. The number of benzene rings is 1. The molecule has 0 aliphatic carbocycles. The van der Waals surface area contributed by atoms with Crippen molar-refractivity contribution in [3.05, 3.63) is 53.3 Å². The van der Waals surface area contributed by atoms with Crippen molar-refractivity contribution in [3.8, 4) is 11.3 Å². The van der Waals surface area contributed by atoms with Gasteiger partial charge in [0.1, 0.15) is 17.4 Å². The van der Waals surface area contributed by atoms with Crippen LogP contribution in [0.4, 0.5) is 0 Å². The highest BCUT2D eigenvalue weighted by Gasteiger charge is 2.37. The Morgan fingerprint density at radius 3 is 2.97 bits per heavy atom. The normalized spacial score (nSPS) is 17.1. The average molecular weight is 441 g/mol. The maximum Gasteiger partial charge on any atom is 0.338 e. The summed E-state index contributed by atoms with van der Waals surface area (Å²) in [7, 11) is 0. The number of ether oxygens (including phenoxy) is 1.